The number of amides is 2. The van der Waals surface area contributed by atoms with Crippen molar-refractivity contribution in [2.45, 2.75) is 37.6 Å². The smallest absolute Gasteiger partial charge is 0.410 e. The molecule has 0 N–H and O–H groups in total. The second-order valence-electron chi connectivity index (χ2n) is 7.36. The summed E-state index contributed by atoms with van der Waals surface area (Å²) in [6, 6.07) is 9.37. The van der Waals surface area contributed by atoms with Gasteiger partial charge in [-0.15, -0.1) is 11.3 Å². The van der Waals surface area contributed by atoms with Crippen LogP contribution < -0.4 is 0 Å². The van der Waals surface area contributed by atoms with Crippen molar-refractivity contribution in [3.63, 3.8) is 0 Å². The van der Waals surface area contributed by atoms with E-state index in [1.165, 1.54) is 0 Å². The van der Waals surface area contributed by atoms with Crippen molar-refractivity contribution in [2.24, 2.45) is 0 Å². The van der Waals surface area contributed by atoms with Crippen LogP contribution in [0.3, 0.4) is 0 Å². The molecule has 1 aromatic carbocycles. The minimum atomic E-state index is -0.523. The Kier molecular flexibility index (Phi) is 5.90. The van der Waals surface area contributed by atoms with Crippen LogP contribution in [0.25, 0.3) is 0 Å². The summed E-state index contributed by atoms with van der Waals surface area (Å²) in [6.45, 7) is 2.39. The van der Waals surface area contributed by atoms with Crippen molar-refractivity contribution >= 4 is 23.3 Å². The van der Waals surface area contributed by atoms with Crippen LogP contribution in [-0.2, 0) is 16.0 Å². The van der Waals surface area contributed by atoms with E-state index in [4.69, 9.17) is 4.74 Å². The molecule has 2 aliphatic heterocycles. The number of ether oxygens (including phenoxy) is 1. The maximum Gasteiger partial charge on any atom is 0.410 e. The number of benzene rings is 1. The van der Waals surface area contributed by atoms with E-state index < -0.39 is 6.04 Å². The fourth-order valence-corrected chi connectivity index (χ4v) is 4.81. The lowest BCUT2D eigenvalue weighted by molar-refractivity contribution is -0.138. The molecule has 0 unspecified atom stereocenters. The molecule has 148 valence electrons. The molecule has 2 amide bonds. The first-order valence-corrected chi connectivity index (χ1v) is 10.8. The van der Waals surface area contributed by atoms with Crippen LogP contribution in [0.1, 0.15) is 35.8 Å². The van der Waals surface area contributed by atoms with Gasteiger partial charge in [0.15, 0.2) is 0 Å². The third kappa shape index (κ3) is 4.19. The quantitative estimate of drug-likeness (QED) is 0.774. The topological polar surface area (TPSA) is 62.7 Å². The summed E-state index contributed by atoms with van der Waals surface area (Å²) < 4.78 is 5.23. The number of carbonyl (C=O) groups is 2. The SMILES string of the molecule is O=C([C@H](Cc1ccccc1)N1CCCOC1=O)N1CCC[C@@H](c2nccs2)C1. The molecule has 0 spiro atoms. The van der Waals surface area contributed by atoms with Gasteiger partial charge in [-0.2, -0.15) is 0 Å². The number of hydrogen-bond acceptors (Lipinski definition) is 5. The molecule has 6 nitrogen and oxygen atoms in total. The lowest BCUT2D eigenvalue weighted by Crippen LogP contribution is -2.55. The summed E-state index contributed by atoms with van der Waals surface area (Å²) in [5.74, 6) is 0.298. The van der Waals surface area contributed by atoms with E-state index in [0.29, 0.717) is 26.1 Å². The van der Waals surface area contributed by atoms with Crippen LogP contribution >= 0.6 is 11.3 Å². The number of likely N-dealkylation sites (tertiary alicyclic amines) is 1. The van der Waals surface area contributed by atoms with E-state index in [1.54, 1.807) is 16.2 Å². The Bertz CT molecular complexity index is 796. The van der Waals surface area contributed by atoms with Gasteiger partial charge in [-0.25, -0.2) is 9.78 Å². The van der Waals surface area contributed by atoms with Crippen LogP contribution in [-0.4, -0.2) is 59.1 Å². The molecule has 0 aliphatic carbocycles. The fourth-order valence-electron chi connectivity index (χ4n) is 4.05. The maximum atomic E-state index is 13.5. The summed E-state index contributed by atoms with van der Waals surface area (Å²) in [7, 11) is 0. The summed E-state index contributed by atoms with van der Waals surface area (Å²) in [4.78, 5) is 33.9. The van der Waals surface area contributed by atoms with Crippen molar-refractivity contribution < 1.29 is 14.3 Å². The van der Waals surface area contributed by atoms with E-state index >= 15 is 0 Å². The molecule has 28 heavy (non-hydrogen) atoms. The van der Waals surface area contributed by atoms with Crippen molar-refractivity contribution in [3.8, 4) is 0 Å². The number of hydrogen-bond donors (Lipinski definition) is 0. The average Bonchev–Trinajstić information content (AvgIpc) is 3.28. The zero-order chi connectivity index (χ0) is 19.3. The Hall–Kier alpha value is -2.41. The number of rotatable bonds is 5. The van der Waals surface area contributed by atoms with Gasteiger partial charge >= 0.3 is 6.09 Å². The van der Waals surface area contributed by atoms with Gasteiger partial charge in [-0.1, -0.05) is 30.3 Å². The molecular formula is C21H25N3O3S. The fraction of sp³-hybridized carbons (Fsp3) is 0.476. The predicted molar refractivity (Wildman–Crippen MR) is 107 cm³/mol. The normalized spacial score (nSPS) is 21.3. The second kappa shape index (κ2) is 8.73. The number of aromatic nitrogens is 1. The minimum absolute atomic E-state index is 0.0176. The highest BCUT2D eigenvalue weighted by atomic mass is 32.1. The van der Waals surface area contributed by atoms with Crippen molar-refractivity contribution in [2.75, 3.05) is 26.2 Å². The molecule has 0 saturated carbocycles. The number of nitrogens with zero attached hydrogens (tertiary/aromatic N) is 3. The molecular weight excluding hydrogens is 374 g/mol. The first-order chi connectivity index (χ1) is 13.7. The second-order valence-corrected chi connectivity index (χ2v) is 8.29. The highest BCUT2D eigenvalue weighted by Crippen LogP contribution is 2.29. The van der Waals surface area contributed by atoms with Crippen LogP contribution in [0.4, 0.5) is 4.79 Å². The lowest BCUT2D eigenvalue weighted by atomic mass is 9.96. The van der Waals surface area contributed by atoms with E-state index in [0.717, 1.165) is 36.4 Å². The van der Waals surface area contributed by atoms with Crippen LogP contribution in [0.5, 0.6) is 0 Å². The van der Waals surface area contributed by atoms with Crippen molar-refractivity contribution in [3.05, 3.63) is 52.5 Å². The Labute approximate surface area is 169 Å². The Morgan fingerprint density at radius 1 is 1.25 bits per heavy atom. The van der Waals surface area contributed by atoms with Gasteiger partial charge in [0.05, 0.1) is 11.6 Å². The first kappa shape index (κ1) is 18.9. The molecule has 2 aliphatic rings. The molecule has 0 radical (unpaired) electrons. The zero-order valence-electron chi connectivity index (χ0n) is 15.8. The molecule has 2 atom stereocenters. The van der Waals surface area contributed by atoms with Gasteiger partial charge in [0.1, 0.15) is 6.04 Å². The minimum Gasteiger partial charge on any atom is -0.449 e. The number of piperidine rings is 1. The summed E-state index contributed by atoms with van der Waals surface area (Å²) in [6.07, 6.45) is 4.71. The highest BCUT2D eigenvalue weighted by molar-refractivity contribution is 7.09. The molecule has 0 bridgehead atoms. The maximum absolute atomic E-state index is 13.5. The summed E-state index contributed by atoms with van der Waals surface area (Å²) >= 11 is 1.65. The van der Waals surface area contributed by atoms with Gasteiger partial charge in [0.2, 0.25) is 5.91 Å². The Morgan fingerprint density at radius 2 is 2.11 bits per heavy atom. The third-order valence-electron chi connectivity index (χ3n) is 5.47. The van der Waals surface area contributed by atoms with Gasteiger partial charge in [0.25, 0.3) is 0 Å². The molecule has 2 fully saturated rings. The lowest BCUT2D eigenvalue weighted by Gasteiger charge is -2.39. The molecule has 3 heterocycles. The van der Waals surface area contributed by atoms with Crippen LogP contribution in [0.2, 0.25) is 0 Å². The number of thiazole rings is 1. The van der Waals surface area contributed by atoms with Crippen LogP contribution in [0, 0.1) is 0 Å². The predicted octanol–water partition coefficient (Wildman–Crippen LogP) is 3.30. The zero-order valence-corrected chi connectivity index (χ0v) is 16.6. The van der Waals surface area contributed by atoms with E-state index in [9.17, 15) is 9.59 Å². The average molecular weight is 400 g/mol. The van der Waals surface area contributed by atoms with Crippen LogP contribution in [0.15, 0.2) is 41.9 Å². The largest absolute Gasteiger partial charge is 0.449 e. The standard InChI is InChI=1S/C21H25N3O3S/c25-20(23-10-4-8-17(15-23)19-22-9-13-28-19)18(14-16-6-2-1-3-7-16)24-11-5-12-27-21(24)26/h1-3,6-7,9,13,17-18H,4-5,8,10-12,14-15H2/t17-,18+/m1/s1. The van der Waals surface area contributed by atoms with Crippen molar-refractivity contribution in [1.29, 1.82) is 0 Å². The molecule has 4 rings (SSSR count). The van der Waals surface area contributed by atoms with Gasteiger partial charge in [0, 0.05) is 43.5 Å². The third-order valence-corrected chi connectivity index (χ3v) is 6.41. The monoisotopic (exact) mass is 399 g/mol. The van der Waals surface area contributed by atoms with Gasteiger partial charge in [-0.05, 0) is 24.8 Å². The molecule has 7 heteroatoms. The first-order valence-electron chi connectivity index (χ1n) is 9.88. The summed E-state index contributed by atoms with van der Waals surface area (Å²) in [5.41, 5.74) is 1.05. The van der Waals surface area contributed by atoms with Gasteiger partial charge < -0.3 is 9.64 Å². The Morgan fingerprint density at radius 3 is 2.86 bits per heavy atom. The van der Waals surface area contributed by atoms with Crippen molar-refractivity contribution in [1.82, 2.24) is 14.8 Å². The molecule has 1 aromatic heterocycles. The molecule has 2 aromatic rings. The van der Waals surface area contributed by atoms with Gasteiger partial charge in [-0.3, -0.25) is 9.69 Å². The highest BCUT2D eigenvalue weighted by Gasteiger charge is 2.37. The number of cyclic esters (lactones) is 1. The van der Waals surface area contributed by atoms with E-state index in [-0.39, 0.29) is 17.9 Å². The number of carbonyl (C=O) groups excluding carboxylic acids is 2. The van der Waals surface area contributed by atoms with E-state index in [2.05, 4.69) is 4.98 Å². The summed E-state index contributed by atoms with van der Waals surface area (Å²) in [5, 5.41) is 3.08. The Balaban J connectivity index is 1.54. The molecule has 2 saturated heterocycles. The van der Waals surface area contributed by atoms with E-state index in [1.807, 2.05) is 46.8 Å².